The molecular weight excluding hydrogens is 194 g/mol. The van der Waals surface area contributed by atoms with Crippen molar-refractivity contribution in [3.05, 3.63) is 0 Å². The third kappa shape index (κ3) is 8.39. The fourth-order valence-electron chi connectivity index (χ4n) is 1.33. The van der Waals surface area contributed by atoms with Crippen molar-refractivity contribution in [3.8, 4) is 0 Å². The van der Waals surface area contributed by atoms with Gasteiger partial charge in [0.25, 0.3) is 0 Å². The van der Waals surface area contributed by atoms with Crippen molar-refractivity contribution < 1.29 is 14.6 Å². The highest BCUT2D eigenvalue weighted by Crippen LogP contribution is 2.03. The lowest BCUT2D eigenvalue weighted by Crippen LogP contribution is -2.40. The zero-order valence-corrected chi connectivity index (χ0v) is 9.95. The van der Waals surface area contributed by atoms with E-state index in [2.05, 4.69) is 19.2 Å². The summed E-state index contributed by atoms with van der Waals surface area (Å²) in [6.45, 7) is 6.78. The predicted molar refractivity (Wildman–Crippen MR) is 59.6 cm³/mol. The molecule has 0 aromatic rings. The summed E-state index contributed by atoms with van der Waals surface area (Å²) in [6.07, 6.45) is 1.69. The molecule has 0 fully saturated rings. The van der Waals surface area contributed by atoms with Crippen molar-refractivity contribution >= 4 is 5.91 Å². The molecule has 1 atom stereocenters. The van der Waals surface area contributed by atoms with Crippen LogP contribution in [-0.2, 0) is 9.53 Å². The van der Waals surface area contributed by atoms with E-state index >= 15 is 0 Å². The third-order valence-electron chi connectivity index (χ3n) is 1.92. The second-order valence-electron chi connectivity index (χ2n) is 4.13. The van der Waals surface area contributed by atoms with E-state index in [9.17, 15) is 4.79 Å². The third-order valence-corrected chi connectivity index (χ3v) is 1.92. The lowest BCUT2D eigenvalue weighted by atomic mass is 10.0. The molecular formula is C11H23NO3. The molecule has 90 valence electrons. The molecule has 0 aliphatic rings. The minimum atomic E-state index is -0.150. The quantitative estimate of drug-likeness (QED) is 0.595. The number of aliphatic hydroxyl groups is 1. The molecule has 0 heterocycles. The Labute approximate surface area is 92.0 Å². The Morgan fingerprint density at radius 3 is 2.60 bits per heavy atom. The second kappa shape index (κ2) is 8.68. The molecule has 0 bridgehead atoms. The largest absolute Gasteiger partial charge is 0.394 e. The van der Waals surface area contributed by atoms with E-state index in [-0.39, 0.29) is 25.2 Å². The number of amides is 1. The Kier molecular flexibility index (Phi) is 8.33. The molecule has 0 aliphatic heterocycles. The van der Waals surface area contributed by atoms with Gasteiger partial charge in [-0.25, -0.2) is 0 Å². The molecule has 0 aromatic carbocycles. The maximum atomic E-state index is 11.3. The normalized spacial score (nSPS) is 12.9. The van der Waals surface area contributed by atoms with Gasteiger partial charge in [-0.05, 0) is 18.8 Å². The zero-order valence-electron chi connectivity index (χ0n) is 9.95. The molecule has 1 amide bonds. The maximum Gasteiger partial charge on any atom is 0.246 e. The van der Waals surface area contributed by atoms with E-state index in [1.807, 2.05) is 6.92 Å². The molecule has 0 saturated heterocycles. The van der Waals surface area contributed by atoms with Crippen molar-refractivity contribution in [1.82, 2.24) is 5.32 Å². The smallest absolute Gasteiger partial charge is 0.246 e. The van der Waals surface area contributed by atoms with Crippen LogP contribution in [0.1, 0.15) is 33.6 Å². The minimum Gasteiger partial charge on any atom is -0.394 e. The summed E-state index contributed by atoms with van der Waals surface area (Å²) in [6, 6.07) is -0.150. The standard InChI is InChI=1S/C11H23NO3/c1-4-5-15-8-11(14)12-10(7-13)6-9(2)3/h9-10,13H,4-8H2,1-3H3,(H,12,14). The van der Waals surface area contributed by atoms with Crippen molar-refractivity contribution in [2.45, 2.75) is 39.7 Å². The SMILES string of the molecule is CCCOCC(=O)NC(CO)CC(C)C. The number of hydrogen-bond donors (Lipinski definition) is 2. The minimum absolute atomic E-state index is 0.0162. The lowest BCUT2D eigenvalue weighted by Gasteiger charge is -2.18. The first kappa shape index (κ1) is 14.4. The molecule has 0 rings (SSSR count). The van der Waals surface area contributed by atoms with Gasteiger partial charge in [-0.2, -0.15) is 0 Å². The summed E-state index contributed by atoms with van der Waals surface area (Å²) in [7, 11) is 0. The van der Waals surface area contributed by atoms with Crippen LogP contribution in [0.25, 0.3) is 0 Å². The molecule has 0 saturated carbocycles. The molecule has 0 radical (unpaired) electrons. The number of carbonyl (C=O) groups is 1. The average molecular weight is 217 g/mol. The van der Waals surface area contributed by atoms with Crippen LogP contribution in [0.2, 0.25) is 0 Å². The zero-order chi connectivity index (χ0) is 11.7. The molecule has 0 aromatic heterocycles. The summed E-state index contributed by atoms with van der Waals surface area (Å²) in [5.74, 6) is 0.308. The van der Waals surface area contributed by atoms with Crippen LogP contribution < -0.4 is 5.32 Å². The summed E-state index contributed by atoms with van der Waals surface area (Å²) >= 11 is 0. The van der Waals surface area contributed by atoms with Crippen LogP contribution in [0.15, 0.2) is 0 Å². The number of ether oxygens (including phenoxy) is 1. The summed E-state index contributed by atoms with van der Waals surface area (Å²) < 4.78 is 5.10. The topological polar surface area (TPSA) is 58.6 Å². The number of carbonyl (C=O) groups excluding carboxylic acids is 1. The summed E-state index contributed by atoms with van der Waals surface area (Å²) in [4.78, 5) is 11.3. The van der Waals surface area contributed by atoms with E-state index in [0.29, 0.717) is 12.5 Å². The molecule has 15 heavy (non-hydrogen) atoms. The van der Waals surface area contributed by atoms with Gasteiger partial charge >= 0.3 is 0 Å². The number of nitrogens with one attached hydrogen (secondary N) is 1. The van der Waals surface area contributed by atoms with Gasteiger partial charge in [0.2, 0.25) is 5.91 Å². The lowest BCUT2D eigenvalue weighted by molar-refractivity contribution is -0.126. The summed E-state index contributed by atoms with van der Waals surface area (Å²) in [5, 5.41) is 11.8. The first-order valence-electron chi connectivity index (χ1n) is 5.58. The van der Waals surface area contributed by atoms with Crippen molar-refractivity contribution in [3.63, 3.8) is 0 Å². The van der Waals surface area contributed by atoms with E-state index in [1.54, 1.807) is 0 Å². The van der Waals surface area contributed by atoms with E-state index in [0.717, 1.165) is 12.8 Å². The number of hydrogen-bond acceptors (Lipinski definition) is 3. The highest BCUT2D eigenvalue weighted by atomic mass is 16.5. The van der Waals surface area contributed by atoms with E-state index in [1.165, 1.54) is 0 Å². The summed E-state index contributed by atoms with van der Waals surface area (Å²) in [5.41, 5.74) is 0. The van der Waals surface area contributed by atoms with Gasteiger partial charge in [-0.3, -0.25) is 4.79 Å². The van der Waals surface area contributed by atoms with Crippen molar-refractivity contribution in [2.75, 3.05) is 19.8 Å². The Morgan fingerprint density at radius 2 is 2.13 bits per heavy atom. The van der Waals surface area contributed by atoms with Crippen LogP contribution in [0.5, 0.6) is 0 Å². The van der Waals surface area contributed by atoms with Crippen molar-refractivity contribution in [1.29, 1.82) is 0 Å². The highest BCUT2D eigenvalue weighted by Gasteiger charge is 2.12. The fourth-order valence-corrected chi connectivity index (χ4v) is 1.33. The van der Waals surface area contributed by atoms with Crippen LogP contribution in [0.4, 0.5) is 0 Å². The molecule has 0 aliphatic carbocycles. The van der Waals surface area contributed by atoms with Crippen LogP contribution in [0.3, 0.4) is 0 Å². The molecule has 4 heteroatoms. The van der Waals surface area contributed by atoms with Crippen LogP contribution in [-0.4, -0.2) is 36.9 Å². The number of aliphatic hydroxyl groups excluding tert-OH is 1. The van der Waals surface area contributed by atoms with Gasteiger partial charge < -0.3 is 15.2 Å². The van der Waals surface area contributed by atoms with Crippen LogP contribution in [0, 0.1) is 5.92 Å². The van der Waals surface area contributed by atoms with Gasteiger partial charge in [0.1, 0.15) is 6.61 Å². The van der Waals surface area contributed by atoms with Crippen LogP contribution >= 0.6 is 0 Å². The van der Waals surface area contributed by atoms with E-state index in [4.69, 9.17) is 9.84 Å². The number of rotatable bonds is 8. The van der Waals surface area contributed by atoms with Gasteiger partial charge in [0, 0.05) is 6.61 Å². The maximum absolute atomic E-state index is 11.3. The van der Waals surface area contributed by atoms with Gasteiger partial charge in [-0.15, -0.1) is 0 Å². The molecule has 1 unspecified atom stereocenters. The molecule has 2 N–H and O–H groups in total. The highest BCUT2D eigenvalue weighted by molar-refractivity contribution is 5.77. The first-order valence-corrected chi connectivity index (χ1v) is 5.58. The second-order valence-corrected chi connectivity index (χ2v) is 4.13. The average Bonchev–Trinajstić information content (AvgIpc) is 2.16. The van der Waals surface area contributed by atoms with Gasteiger partial charge in [0.05, 0.1) is 12.6 Å². The van der Waals surface area contributed by atoms with Crippen molar-refractivity contribution in [2.24, 2.45) is 5.92 Å². The Bertz CT molecular complexity index is 171. The Hall–Kier alpha value is -0.610. The molecule has 0 spiro atoms. The predicted octanol–water partition coefficient (Wildman–Crippen LogP) is 0.936. The van der Waals surface area contributed by atoms with Gasteiger partial charge in [0.15, 0.2) is 0 Å². The van der Waals surface area contributed by atoms with E-state index < -0.39 is 0 Å². The monoisotopic (exact) mass is 217 g/mol. The Morgan fingerprint density at radius 1 is 1.47 bits per heavy atom. The first-order chi connectivity index (χ1) is 7.10. The van der Waals surface area contributed by atoms with Gasteiger partial charge in [-0.1, -0.05) is 20.8 Å². The molecule has 4 nitrogen and oxygen atoms in total. The fraction of sp³-hybridized carbons (Fsp3) is 0.909. The Balaban J connectivity index is 3.70.